The highest BCUT2D eigenvalue weighted by molar-refractivity contribution is 7.92. The SMILES string of the molecule is CCc1cccc(CC)c1N(CCN)S(C)(=O)=O. The van der Waals surface area contributed by atoms with Crippen LogP contribution in [0.5, 0.6) is 0 Å². The molecule has 1 rings (SSSR count). The molecule has 4 nitrogen and oxygen atoms in total. The van der Waals surface area contributed by atoms with Crippen LogP contribution in [0.2, 0.25) is 0 Å². The predicted molar refractivity (Wildman–Crippen MR) is 76.4 cm³/mol. The highest BCUT2D eigenvalue weighted by atomic mass is 32.2. The molecule has 0 radical (unpaired) electrons. The number of hydrogen-bond donors (Lipinski definition) is 1. The van der Waals surface area contributed by atoms with Crippen LogP contribution in [0.4, 0.5) is 5.69 Å². The summed E-state index contributed by atoms with van der Waals surface area (Å²) in [6.07, 6.45) is 2.84. The van der Waals surface area contributed by atoms with Gasteiger partial charge in [-0.1, -0.05) is 32.0 Å². The first-order valence-electron chi connectivity index (χ1n) is 6.24. The van der Waals surface area contributed by atoms with Gasteiger partial charge in [0.1, 0.15) is 0 Å². The first-order chi connectivity index (χ1) is 8.45. The number of aryl methyl sites for hydroxylation is 2. The van der Waals surface area contributed by atoms with Gasteiger partial charge in [-0.15, -0.1) is 0 Å². The van der Waals surface area contributed by atoms with Gasteiger partial charge in [-0.3, -0.25) is 4.31 Å². The molecule has 0 bridgehead atoms. The van der Waals surface area contributed by atoms with Crippen molar-refractivity contribution in [1.82, 2.24) is 0 Å². The smallest absolute Gasteiger partial charge is 0.232 e. The third-order valence-electron chi connectivity index (χ3n) is 2.95. The molecule has 1 aromatic carbocycles. The fourth-order valence-electron chi connectivity index (χ4n) is 2.10. The fraction of sp³-hybridized carbons (Fsp3) is 0.538. The van der Waals surface area contributed by atoms with Crippen molar-refractivity contribution in [3.8, 4) is 0 Å². The Morgan fingerprint density at radius 1 is 1.17 bits per heavy atom. The number of benzene rings is 1. The highest BCUT2D eigenvalue weighted by Gasteiger charge is 2.21. The minimum atomic E-state index is -3.29. The van der Waals surface area contributed by atoms with Gasteiger partial charge in [0.15, 0.2) is 0 Å². The molecule has 0 aliphatic heterocycles. The average molecular weight is 270 g/mol. The lowest BCUT2D eigenvalue weighted by Gasteiger charge is -2.26. The summed E-state index contributed by atoms with van der Waals surface area (Å²) in [6, 6.07) is 5.93. The number of nitrogens with two attached hydrogens (primary N) is 1. The zero-order chi connectivity index (χ0) is 13.8. The maximum Gasteiger partial charge on any atom is 0.232 e. The van der Waals surface area contributed by atoms with Crippen molar-refractivity contribution in [1.29, 1.82) is 0 Å². The molecule has 2 N–H and O–H groups in total. The Bertz CT molecular complexity index is 475. The largest absolute Gasteiger partial charge is 0.329 e. The van der Waals surface area contributed by atoms with Gasteiger partial charge in [-0.25, -0.2) is 8.42 Å². The molecular formula is C13H22N2O2S. The summed E-state index contributed by atoms with van der Waals surface area (Å²) >= 11 is 0. The molecule has 102 valence electrons. The van der Waals surface area contributed by atoms with Gasteiger partial charge in [-0.05, 0) is 24.0 Å². The van der Waals surface area contributed by atoms with Gasteiger partial charge in [0.25, 0.3) is 0 Å². The van der Waals surface area contributed by atoms with E-state index in [9.17, 15) is 8.42 Å². The first-order valence-corrected chi connectivity index (χ1v) is 8.09. The third kappa shape index (κ3) is 3.23. The van der Waals surface area contributed by atoms with Crippen molar-refractivity contribution < 1.29 is 8.42 Å². The number of para-hydroxylation sites is 1. The Morgan fingerprint density at radius 3 is 2.00 bits per heavy atom. The number of rotatable bonds is 6. The average Bonchev–Trinajstić information content (AvgIpc) is 2.33. The van der Waals surface area contributed by atoms with Gasteiger partial charge in [0, 0.05) is 13.1 Å². The number of sulfonamides is 1. The minimum absolute atomic E-state index is 0.314. The molecule has 18 heavy (non-hydrogen) atoms. The summed E-state index contributed by atoms with van der Waals surface area (Å²) in [6.45, 7) is 4.69. The van der Waals surface area contributed by atoms with E-state index in [0.29, 0.717) is 13.1 Å². The molecule has 0 saturated carbocycles. The van der Waals surface area contributed by atoms with E-state index in [-0.39, 0.29) is 0 Å². The maximum absolute atomic E-state index is 11.9. The third-order valence-corrected chi connectivity index (χ3v) is 4.11. The van der Waals surface area contributed by atoms with Crippen LogP contribution in [0.1, 0.15) is 25.0 Å². The molecule has 0 aromatic heterocycles. The van der Waals surface area contributed by atoms with Crippen LogP contribution in [0.3, 0.4) is 0 Å². The fourth-order valence-corrected chi connectivity index (χ4v) is 3.10. The number of hydrogen-bond acceptors (Lipinski definition) is 3. The van der Waals surface area contributed by atoms with Gasteiger partial charge in [0.2, 0.25) is 10.0 Å². The Balaban J connectivity index is 3.43. The van der Waals surface area contributed by atoms with Crippen molar-refractivity contribution in [3.63, 3.8) is 0 Å². The molecule has 0 aliphatic carbocycles. The van der Waals surface area contributed by atoms with Gasteiger partial charge in [-0.2, -0.15) is 0 Å². The van der Waals surface area contributed by atoms with E-state index in [1.54, 1.807) is 0 Å². The van der Waals surface area contributed by atoms with Crippen molar-refractivity contribution in [2.75, 3.05) is 23.7 Å². The van der Waals surface area contributed by atoms with Crippen LogP contribution in [0.25, 0.3) is 0 Å². The molecule has 0 amide bonds. The van der Waals surface area contributed by atoms with Crippen LogP contribution in [-0.4, -0.2) is 27.8 Å². The molecule has 0 spiro atoms. The number of nitrogens with zero attached hydrogens (tertiary/aromatic N) is 1. The Kier molecular flexibility index (Phi) is 5.16. The predicted octanol–water partition coefficient (Wildman–Crippen LogP) is 1.54. The van der Waals surface area contributed by atoms with E-state index in [1.807, 2.05) is 32.0 Å². The molecule has 1 aromatic rings. The lowest BCUT2D eigenvalue weighted by Crippen LogP contribution is -2.36. The van der Waals surface area contributed by atoms with E-state index in [2.05, 4.69) is 0 Å². The molecule has 0 atom stereocenters. The second kappa shape index (κ2) is 6.20. The standard InChI is InChI=1S/C13H22N2O2S/c1-4-11-7-6-8-12(5-2)13(11)15(10-9-14)18(3,16)17/h6-8H,4-5,9-10,14H2,1-3H3. The molecule has 0 aliphatic rings. The highest BCUT2D eigenvalue weighted by Crippen LogP contribution is 2.28. The summed E-state index contributed by atoms with van der Waals surface area (Å²) in [5.74, 6) is 0. The first kappa shape index (κ1) is 15.0. The normalized spacial score (nSPS) is 11.6. The lowest BCUT2D eigenvalue weighted by molar-refractivity contribution is 0.596. The summed E-state index contributed by atoms with van der Waals surface area (Å²) in [7, 11) is -3.29. The summed E-state index contributed by atoms with van der Waals surface area (Å²) in [4.78, 5) is 0. The molecular weight excluding hydrogens is 248 g/mol. The Hall–Kier alpha value is -1.07. The molecule has 0 heterocycles. The maximum atomic E-state index is 11.9. The summed E-state index contributed by atoms with van der Waals surface area (Å²) < 4.78 is 25.3. The Morgan fingerprint density at radius 2 is 1.67 bits per heavy atom. The second-order valence-corrected chi connectivity index (χ2v) is 6.16. The van der Waals surface area contributed by atoms with Gasteiger partial charge in [0.05, 0.1) is 11.9 Å². The summed E-state index contributed by atoms with van der Waals surface area (Å²) in [5, 5.41) is 0. The van der Waals surface area contributed by atoms with Gasteiger partial charge >= 0.3 is 0 Å². The molecule has 5 heteroatoms. The van der Waals surface area contributed by atoms with Crippen LogP contribution in [-0.2, 0) is 22.9 Å². The Labute approximate surface area is 110 Å². The van der Waals surface area contributed by atoms with Crippen LogP contribution < -0.4 is 10.0 Å². The van der Waals surface area contributed by atoms with Gasteiger partial charge < -0.3 is 5.73 Å². The van der Waals surface area contributed by atoms with Crippen molar-refractivity contribution in [3.05, 3.63) is 29.3 Å². The zero-order valence-corrected chi connectivity index (χ0v) is 12.1. The second-order valence-electron chi connectivity index (χ2n) is 4.26. The zero-order valence-electron chi connectivity index (χ0n) is 11.3. The number of anilines is 1. The quantitative estimate of drug-likeness (QED) is 0.852. The summed E-state index contributed by atoms with van der Waals surface area (Å²) in [5.41, 5.74) is 8.45. The lowest BCUT2D eigenvalue weighted by atomic mass is 10.0. The van der Waals surface area contributed by atoms with E-state index in [4.69, 9.17) is 5.73 Å². The van der Waals surface area contributed by atoms with Crippen molar-refractivity contribution in [2.45, 2.75) is 26.7 Å². The monoisotopic (exact) mass is 270 g/mol. The van der Waals surface area contributed by atoms with E-state index >= 15 is 0 Å². The van der Waals surface area contributed by atoms with Crippen LogP contribution >= 0.6 is 0 Å². The van der Waals surface area contributed by atoms with Crippen molar-refractivity contribution in [2.24, 2.45) is 5.73 Å². The topological polar surface area (TPSA) is 63.4 Å². The van der Waals surface area contributed by atoms with Crippen LogP contribution in [0.15, 0.2) is 18.2 Å². The van der Waals surface area contributed by atoms with E-state index < -0.39 is 10.0 Å². The van der Waals surface area contributed by atoms with E-state index in [0.717, 1.165) is 29.7 Å². The molecule has 0 unspecified atom stereocenters. The molecule has 0 saturated heterocycles. The van der Waals surface area contributed by atoms with Crippen LogP contribution in [0, 0.1) is 0 Å². The van der Waals surface area contributed by atoms with E-state index in [1.165, 1.54) is 10.6 Å². The minimum Gasteiger partial charge on any atom is -0.329 e. The van der Waals surface area contributed by atoms with Crippen molar-refractivity contribution >= 4 is 15.7 Å². The molecule has 0 fully saturated rings.